The molecule has 0 N–H and O–H groups in total. The fourth-order valence-corrected chi connectivity index (χ4v) is 6.30. The summed E-state index contributed by atoms with van der Waals surface area (Å²) in [5.41, 5.74) is 9.41. The van der Waals surface area contributed by atoms with Crippen molar-refractivity contribution in [1.82, 2.24) is 0 Å². The molecule has 8 aromatic rings. The maximum Gasteiger partial charge on any atom is 0 e. The summed E-state index contributed by atoms with van der Waals surface area (Å²) in [6, 6.07) is 63.4. The molecule has 0 heterocycles. The predicted octanol–water partition coefficient (Wildman–Crippen LogP) is 11.4. The van der Waals surface area contributed by atoms with Crippen molar-refractivity contribution in [3.63, 3.8) is 0 Å². The molecule has 1 radical (unpaired) electrons. The first-order valence-corrected chi connectivity index (χ1v) is 14.4. The molecule has 8 rings (SSSR count). The third-order valence-electron chi connectivity index (χ3n) is 8.26. The summed E-state index contributed by atoms with van der Waals surface area (Å²) in [5, 5.41) is 7.52. The van der Waals surface area contributed by atoms with Crippen LogP contribution in [0, 0.1) is 12.1 Å². The molecular weight excluding hydrogens is 593 g/mol. The Labute approximate surface area is 277 Å². The Balaban J connectivity index is 0.00000300. The zero-order valence-electron chi connectivity index (χ0n) is 23.6. The zero-order valence-corrected chi connectivity index (χ0v) is 26.4. The first-order chi connectivity index (χ1) is 20.8. The number of fused-ring (bicyclic) bond motifs is 3. The molecule has 0 nitrogen and oxygen atoms in total. The molecule has 0 unspecified atom stereocenters. The van der Waals surface area contributed by atoms with Crippen molar-refractivity contribution < 1.29 is 32.7 Å². The second-order valence-corrected chi connectivity index (χ2v) is 10.8. The van der Waals surface area contributed by atoms with Gasteiger partial charge < -0.3 is 0 Å². The molecule has 1 heteroatoms. The Bertz CT molecular complexity index is 2190. The van der Waals surface area contributed by atoms with Crippen molar-refractivity contribution in [2.45, 2.75) is 0 Å². The maximum atomic E-state index is 3.49. The molecule has 0 atom stereocenters. The van der Waals surface area contributed by atoms with Crippen LogP contribution in [0.1, 0.15) is 0 Å². The fraction of sp³-hybridized carbons (Fsp3) is 0. The van der Waals surface area contributed by atoms with Gasteiger partial charge in [0.25, 0.3) is 0 Å². The molecule has 0 aliphatic carbocycles. The molecule has 0 aliphatic rings. The van der Waals surface area contributed by atoms with Gasteiger partial charge in [-0.2, -0.15) is 36.4 Å². The summed E-state index contributed by atoms with van der Waals surface area (Å²) in [5.74, 6) is 0. The van der Waals surface area contributed by atoms with Gasteiger partial charge in [0.05, 0.1) is 0 Å². The van der Waals surface area contributed by atoms with Gasteiger partial charge in [-0.05, 0) is 60.6 Å². The van der Waals surface area contributed by atoms with Gasteiger partial charge in [-0.3, -0.25) is 0 Å². The molecule has 0 amide bonds. The predicted molar refractivity (Wildman–Crippen MR) is 178 cm³/mol. The molecule has 0 fully saturated rings. The first-order valence-electron chi connectivity index (χ1n) is 14.4. The van der Waals surface area contributed by atoms with Crippen molar-refractivity contribution in [3.05, 3.63) is 170 Å². The SMILES string of the molecule is [Y].[c-]1ccc(-c2ccccc2)cc1-c1[c-]ccc(-c2c3ccccc3c(-c3ccc4ccccc4c3)c3ccccc23)c1. The quantitative estimate of drug-likeness (QED) is 0.136. The van der Waals surface area contributed by atoms with E-state index >= 15 is 0 Å². The molecule has 0 saturated carbocycles. The summed E-state index contributed by atoms with van der Waals surface area (Å²) in [4.78, 5) is 0. The van der Waals surface area contributed by atoms with Crippen LogP contribution in [-0.2, 0) is 32.7 Å². The second kappa shape index (κ2) is 11.7. The average molecular weight is 620 g/mol. The van der Waals surface area contributed by atoms with Crippen LogP contribution in [0.3, 0.4) is 0 Å². The van der Waals surface area contributed by atoms with Gasteiger partial charge in [0, 0.05) is 32.7 Å². The van der Waals surface area contributed by atoms with Crippen LogP contribution in [0.15, 0.2) is 158 Å². The van der Waals surface area contributed by atoms with Crippen molar-refractivity contribution in [1.29, 1.82) is 0 Å². The van der Waals surface area contributed by atoms with Crippen molar-refractivity contribution in [2.75, 3.05) is 0 Å². The van der Waals surface area contributed by atoms with Crippen molar-refractivity contribution >= 4 is 32.3 Å². The zero-order chi connectivity index (χ0) is 27.9. The van der Waals surface area contributed by atoms with Crippen LogP contribution >= 0.6 is 0 Å². The van der Waals surface area contributed by atoms with E-state index in [-0.39, 0.29) is 32.7 Å². The van der Waals surface area contributed by atoms with Crippen LogP contribution in [0.25, 0.3) is 76.8 Å². The second-order valence-electron chi connectivity index (χ2n) is 10.8. The Morgan fingerprint density at radius 1 is 0.326 bits per heavy atom. The number of hydrogen-bond acceptors (Lipinski definition) is 0. The van der Waals surface area contributed by atoms with Gasteiger partial charge in [-0.1, -0.05) is 115 Å². The topological polar surface area (TPSA) is 0 Å². The number of hydrogen-bond donors (Lipinski definition) is 0. The fourth-order valence-electron chi connectivity index (χ4n) is 6.30. The maximum absolute atomic E-state index is 3.49. The number of benzene rings is 8. The standard InChI is InChI=1S/C42H26.Y/c1-2-12-29(13-3-1)32-16-10-17-33(26-32)34-18-11-19-35(28-34)41-37-20-6-8-22-39(37)42(40-23-9-7-21-38(40)41)36-25-24-30-14-4-5-15-31(30)27-36;/h1-16,19-28H;/q-2;. The third kappa shape index (κ3) is 5.02. The Kier molecular flexibility index (Phi) is 7.50. The van der Waals surface area contributed by atoms with Gasteiger partial charge in [0.2, 0.25) is 0 Å². The Morgan fingerprint density at radius 2 is 0.791 bits per heavy atom. The van der Waals surface area contributed by atoms with E-state index < -0.39 is 0 Å². The largest absolute Gasteiger partial charge is 0.226 e. The molecule has 0 spiro atoms. The number of rotatable bonds is 4. The summed E-state index contributed by atoms with van der Waals surface area (Å²) in [6.45, 7) is 0. The Morgan fingerprint density at radius 3 is 1.40 bits per heavy atom. The smallest absolute Gasteiger partial charge is 0 e. The summed E-state index contributed by atoms with van der Waals surface area (Å²) < 4.78 is 0. The normalized spacial score (nSPS) is 11.1. The van der Waals surface area contributed by atoms with E-state index in [1.54, 1.807) is 0 Å². The molecule has 8 aromatic carbocycles. The molecule has 0 bridgehead atoms. The van der Waals surface area contributed by atoms with E-state index in [1.165, 1.54) is 65.7 Å². The minimum Gasteiger partial charge on any atom is -0.226 e. The summed E-state index contributed by atoms with van der Waals surface area (Å²) >= 11 is 0. The third-order valence-corrected chi connectivity index (χ3v) is 8.26. The molecular formula is C42H26Y-2. The van der Waals surface area contributed by atoms with Crippen molar-refractivity contribution in [3.8, 4) is 44.5 Å². The van der Waals surface area contributed by atoms with Crippen LogP contribution in [-0.4, -0.2) is 0 Å². The van der Waals surface area contributed by atoms with Crippen LogP contribution in [0.4, 0.5) is 0 Å². The van der Waals surface area contributed by atoms with E-state index in [0.717, 1.165) is 11.1 Å². The van der Waals surface area contributed by atoms with E-state index in [9.17, 15) is 0 Å². The van der Waals surface area contributed by atoms with Gasteiger partial charge in [0.1, 0.15) is 0 Å². The van der Waals surface area contributed by atoms with Crippen LogP contribution in [0.5, 0.6) is 0 Å². The van der Waals surface area contributed by atoms with Crippen LogP contribution < -0.4 is 0 Å². The van der Waals surface area contributed by atoms with E-state index in [0.29, 0.717) is 0 Å². The van der Waals surface area contributed by atoms with Crippen molar-refractivity contribution in [2.24, 2.45) is 0 Å². The van der Waals surface area contributed by atoms with E-state index in [2.05, 4.69) is 164 Å². The molecule has 0 aliphatic heterocycles. The molecule has 199 valence electrons. The van der Waals surface area contributed by atoms with Gasteiger partial charge in [0.15, 0.2) is 0 Å². The summed E-state index contributed by atoms with van der Waals surface area (Å²) in [6.07, 6.45) is 0. The minimum absolute atomic E-state index is 0. The molecule has 43 heavy (non-hydrogen) atoms. The van der Waals surface area contributed by atoms with Crippen LogP contribution in [0.2, 0.25) is 0 Å². The summed E-state index contributed by atoms with van der Waals surface area (Å²) in [7, 11) is 0. The minimum atomic E-state index is 0. The van der Waals surface area contributed by atoms with Gasteiger partial charge >= 0.3 is 0 Å². The van der Waals surface area contributed by atoms with Gasteiger partial charge in [-0.25, -0.2) is 11.1 Å². The monoisotopic (exact) mass is 619 g/mol. The van der Waals surface area contributed by atoms with Gasteiger partial charge in [-0.15, -0.1) is 23.3 Å². The molecule has 0 aromatic heterocycles. The van der Waals surface area contributed by atoms with E-state index in [4.69, 9.17) is 0 Å². The average Bonchev–Trinajstić information content (AvgIpc) is 3.07. The van der Waals surface area contributed by atoms with E-state index in [1.807, 2.05) is 6.07 Å². The molecule has 0 saturated heterocycles. The first kappa shape index (κ1) is 27.5. The Hall–Kier alpha value is -4.36.